The third-order valence-electron chi connectivity index (χ3n) is 5.17. The number of esters is 2. The van der Waals surface area contributed by atoms with Crippen molar-refractivity contribution in [1.82, 2.24) is 9.13 Å². The van der Waals surface area contributed by atoms with E-state index in [2.05, 4.69) is 0 Å². The Balaban J connectivity index is 2.06. The average molecular weight is 494 g/mol. The molecule has 0 bridgehead atoms. The lowest BCUT2D eigenvalue weighted by Gasteiger charge is -2.18. The highest BCUT2D eigenvalue weighted by Crippen LogP contribution is 2.32. The Morgan fingerprint density at radius 2 is 1.83 bits per heavy atom. The first-order valence-corrected chi connectivity index (χ1v) is 10.3. The lowest BCUT2D eigenvalue weighted by Crippen LogP contribution is -2.46. The molecule has 12 nitrogen and oxygen atoms in total. The minimum absolute atomic E-state index is 0.0596. The molecule has 1 fully saturated rings. The highest BCUT2D eigenvalue weighted by Gasteiger charge is 2.40. The standard InChI is InChI=1S/C22H23FN2O10/c1-11(26)33-10-17-16(34-12(2)27)8-18(35-17)24-9-14(23)21(29)25(22(24)30)20(28)13-6-5-7-15(31-3)19(13)32-4/h5-7,9,16-18H,8,10H2,1-4H3/t16-,17+,18+/m0/s1. The van der Waals surface area contributed by atoms with Gasteiger partial charge in [-0.15, -0.1) is 0 Å². The lowest BCUT2D eigenvalue weighted by molar-refractivity contribution is -0.155. The number of hydrogen-bond donors (Lipinski definition) is 0. The molecule has 1 aromatic carbocycles. The van der Waals surface area contributed by atoms with Crippen molar-refractivity contribution in [2.75, 3.05) is 20.8 Å². The largest absolute Gasteiger partial charge is 0.493 e. The Bertz CT molecular complexity index is 1270. The van der Waals surface area contributed by atoms with Crippen LogP contribution >= 0.6 is 0 Å². The van der Waals surface area contributed by atoms with Crippen LogP contribution in [0.25, 0.3) is 0 Å². The Kier molecular flexibility index (Phi) is 7.69. The second kappa shape index (κ2) is 10.5. The number of methoxy groups -OCH3 is 2. The van der Waals surface area contributed by atoms with Crippen LogP contribution in [0.1, 0.15) is 36.9 Å². The van der Waals surface area contributed by atoms with E-state index in [4.69, 9.17) is 23.7 Å². The molecule has 1 aliphatic rings. The maximum atomic E-state index is 14.6. The van der Waals surface area contributed by atoms with Crippen LogP contribution in [-0.2, 0) is 23.8 Å². The summed E-state index contributed by atoms with van der Waals surface area (Å²) in [5.41, 5.74) is -2.90. The predicted molar refractivity (Wildman–Crippen MR) is 115 cm³/mol. The van der Waals surface area contributed by atoms with Gasteiger partial charge in [-0.1, -0.05) is 6.07 Å². The van der Waals surface area contributed by atoms with Crippen LogP contribution in [0.15, 0.2) is 34.0 Å². The van der Waals surface area contributed by atoms with Crippen LogP contribution in [0.3, 0.4) is 0 Å². The molecule has 0 radical (unpaired) electrons. The van der Waals surface area contributed by atoms with E-state index in [0.29, 0.717) is 10.8 Å². The van der Waals surface area contributed by atoms with Gasteiger partial charge in [-0.05, 0) is 12.1 Å². The fourth-order valence-corrected chi connectivity index (χ4v) is 3.66. The summed E-state index contributed by atoms with van der Waals surface area (Å²) in [6, 6.07) is 4.20. The van der Waals surface area contributed by atoms with Crippen LogP contribution in [0.4, 0.5) is 4.39 Å². The summed E-state index contributed by atoms with van der Waals surface area (Å²) in [6.45, 7) is 2.02. The van der Waals surface area contributed by atoms with Gasteiger partial charge in [-0.2, -0.15) is 8.96 Å². The molecule has 188 valence electrons. The van der Waals surface area contributed by atoms with Gasteiger partial charge in [0.15, 0.2) is 11.5 Å². The summed E-state index contributed by atoms with van der Waals surface area (Å²) in [4.78, 5) is 61.5. The van der Waals surface area contributed by atoms with Crippen molar-refractivity contribution in [2.24, 2.45) is 0 Å². The molecule has 0 amide bonds. The Morgan fingerprint density at radius 3 is 2.43 bits per heavy atom. The third-order valence-corrected chi connectivity index (χ3v) is 5.17. The molecule has 0 unspecified atom stereocenters. The predicted octanol–water partition coefficient (Wildman–Crippen LogP) is 0.637. The molecule has 1 saturated heterocycles. The number of para-hydroxylation sites is 1. The molecule has 1 aliphatic heterocycles. The zero-order valence-electron chi connectivity index (χ0n) is 19.3. The number of nitrogens with zero attached hydrogens (tertiary/aromatic N) is 2. The van der Waals surface area contributed by atoms with E-state index in [1.807, 2.05) is 0 Å². The topological polar surface area (TPSA) is 141 Å². The van der Waals surface area contributed by atoms with Gasteiger partial charge < -0.3 is 23.7 Å². The van der Waals surface area contributed by atoms with Crippen molar-refractivity contribution in [3.63, 3.8) is 0 Å². The van der Waals surface area contributed by atoms with Crippen LogP contribution in [-0.4, -0.2) is 60.0 Å². The van der Waals surface area contributed by atoms with Crippen LogP contribution < -0.4 is 20.7 Å². The van der Waals surface area contributed by atoms with Crippen molar-refractivity contribution in [2.45, 2.75) is 38.7 Å². The fraction of sp³-hybridized carbons (Fsp3) is 0.409. The summed E-state index contributed by atoms with van der Waals surface area (Å²) in [6.07, 6.45) is -2.70. The molecule has 0 aliphatic carbocycles. The van der Waals surface area contributed by atoms with E-state index in [-0.39, 0.29) is 34.7 Å². The van der Waals surface area contributed by atoms with Crippen molar-refractivity contribution in [3.8, 4) is 11.5 Å². The minimum atomic E-state index is -1.48. The number of carbonyl (C=O) groups excluding carboxylic acids is 3. The Labute approximate surface area is 197 Å². The van der Waals surface area contributed by atoms with E-state index in [0.717, 1.165) is 6.92 Å². The van der Waals surface area contributed by atoms with E-state index < -0.39 is 53.3 Å². The maximum absolute atomic E-state index is 14.6. The van der Waals surface area contributed by atoms with Gasteiger partial charge in [0.05, 0.1) is 26.0 Å². The first-order valence-electron chi connectivity index (χ1n) is 10.3. The molecular weight excluding hydrogens is 471 g/mol. The molecular formula is C22H23FN2O10. The highest BCUT2D eigenvalue weighted by atomic mass is 19.1. The molecule has 35 heavy (non-hydrogen) atoms. The molecule has 3 atom stereocenters. The number of hydrogen-bond acceptors (Lipinski definition) is 10. The summed E-state index contributed by atoms with van der Waals surface area (Å²) in [5.74, 6) is -3.75. The van der Waals surface area contributed by atoms with Gasteiger partial charge in [0.1, 0.15) is 25.0 Å². The molecule has 3 rings (SSSR count). The molecule has 0 saturated carbocycles. The maximum Gasteiger partial charge on any atom is 0.340 e. The van der Waals surface area contributed by atoms with Gasteiger partial charge in [0.25, 0.3) is 11.5 Å². The average Bonchev–Trinajstić information content (AvgIpc) is 3.20. The molecule has 0 N–H and O–H groups in total. The molecule has 0 spiro atoms. The van der Waals surface area contributed by atoms with Crippen LogP contribution in [0.2, 0.25) is 0 Å². The van der Waals surface area contributed by atoms with Gasteiger partial charge in [-0.3, -0.25) is 23.7 Å². The third kappa shape index (κ3) is 5.24. The van der Waals surface area contributed by atoms with E-state index in [1.165, 1.54) is 39.3 Å². The SMILES string of the molecule is COc1cccc(C(=O)n2c(=O)c(F)cn([C@H]3C[C@H](OC(C)=O)[C@@H](COC(C)=O)O3)c2=O)c1OC. The fourth-order valence-electron chi connectivity index (χ4n) is 3.66. The van der Waals surface area contributed by atoms with Crippen LogP contribution in [0.5, 0.6) is 11.5 Å². The number of aromatic nitrogens is 2. The zero-order chi connectivity index (χ0) is 25.9. The summed E-state index contributed by atoms with van der Waals surface area (Å²) >= 11 is 0. The van der Waals surface area contributed by atoms with E-state index in [9.17, 15) is 28.4 Å². The van der Waals surface area contributed by atoms with Crippen molar-refractivity contribution < 1.29 is 42.5 Å². The summed E-state index contributed by atoms with van der Waals surface area (Å²) in [5, 5.41) is 0. The van der Waals surface area contributed by atoms with Crippen molar-refractivity contribution in [3.05, 3.63) is 56.6 Å². The summed E-state index contributed by atoms with van der Waals surface area (Å²) in [7, 11) is 2.59. The number of rotatable bonds is 7. The number of ether oxygens (including phenoxy) is 5. The Morgan fingerprint density at radius 1 is 1.11 bits per heavy atom. The smallest absolute Gasteiger partial charge is 0.340 e. The second-order valence-electron chi connectivity index (χ2n) is 7.47. The molecule has 13 heteroatoms. The quantitative estimate of drug-likeness (QED) is 0.503. The second-order valence-corrected chi connectivity index (χ2v) is 7.47. The zero-order valence-corrected chi connectivity index (χ0v) is 19.3. The van der Waals surface area contributed by atoms with Gasteiger partial charge in [0, 0.05) is 20.3 Å². The van der Waals surface area contributed by atoms with Gasteiger partial charge in [-0.25, -0.2) is 4.79 Å². The molecule has 2 aromatic rings. The number of benzene rings is 1. The molecule has 1 aromatic heterocycles. The van der Waals surface area contributed by atoms with Crippen molar-refractivity contribution >= 4 is 17.8 Å². The first-order chi connectivity index (χ1) is 16.6. The van der Waals surface area contributed by atoms with E-state index >= 15 is 0 Å². The van der Waals surface area contributed by atoms with Gasteiger partial charge in [0.2, 0.25) is 5.82 Å². The first kappa shape index (κ1) is 25.6. The number of carbonyl (C=O) groups is 3. The monoisotopic (exact) mass is 494 g/mol. The van der Waals surface area contributed by atoms with Crippen LogP contribution in [0, 0.1) is 5.82 Å². The van der Waals surface area contributed by atoms with Crippen molar-refractivity contribution in [1.29, 1.82) is 0 Å². The van der Waals surface area contributed by atoms with Gasteiger partial charge >= 0.3 is 17.6 Å². The molecule has 2 heterocycles. The Hall–Kier alpha value is -4.00. The summed E-state index contributed by atoms with van der Waals surface area (Å²) < 4.78 is 41.5. The highest BCUT2D eigenvalue weighted by molar-refractivity contribution is 5.99. The lowest BCUT2D eigenvalue weighted by atomic mass is 10.1. The number of halogens is 1. The normalized spacial score (nSPS) is 19.2. The minimum Gasteiger partial charge on any atom is -0.493 e. The van der Waals surface area contributed by atoms with E-state index in [1.54, 1.807) is 0 Å².